The van der Waals surface area contributed by atoms with E-state index in [0.29, 0.717) is 12.2 Å². The van der Waals surface area contributed by atoms with Gasteiger partial charge in [-0.1, -0.05) is 54.6 Å². The summed E-state index contributed by atoms with van der Waals surface area (Å²) in [4.78, 5) is 12.8. The van der Waals surface area contributed by atoms with Crippen molar-refractivity contribution in [3.05, 3.63) is 95.6 Å². The molecular formula is C23H24N2O3S. The average molecular weight is 409 g/mol. The Morgan fingerprint density at radius 1 is 0.897 bits per heavy atom. The lowest BCUT2D eigenvalue weighted by atomic mass is 10.1. The molecule has 0 bridgehead atoms. The van der Waals surface area contributed by atoms with Gasteiger partial charge in [0, 0.05) is 6.54 Å². The number of carbonyl (C=O) groups is 1. The monoisotopic (exact) mass is 408 g/mol. The second kappa shape index (κ2) is 8.92. The first-order valence-electron chi connectivity index (χ1n) is 9.33. The molecule has 0 aliphatic heterocycles. The number of carbonyl (C=O) groups excluding carboxylic acids is 1. The average Bonchev–Trinajstić information content (AvgIpc) is 2.72. The fourth-order valence-corrected chi connectivity index (χ4v) is 4.53. The van der Waals surface area contributed by atoms with Crippen molar-refractivity contribution in [1.29, 1.82) is 0 Å². The molecule has 0 saturated carbocycles. The molecular weight excluding hydrogens is 384 g/mol. The predicted octanol–water partition coefficient (Wildman–Crippen LogP) is 3.82. The molecule has 1 N–H and O–H groups in total. The summed E-state index contributed by atoms with van der Waals surface area (Å²) in [6, 6.07) is 23.1. The maximum Gasteiger partial charge on any atom is 0.264 e. The Hall–Kier alpha value is -3.12. The number of sulfonamides is 1. The Kier molecular flexibility index (Phi) is 6.34. The van der Waals surface area contributed by atoms with Crippen LogP contribution in [0.3, 0.4) is 0 Å². The van der Waals surface area contributed by atoms with Gasteiger partial charge in [-0.15, -0.1) is 0 Å². The van der Waals surface area contributed by atoms with Crippen LogP contribution in [0.5, 0.6) is 0 Å². The normalized spacial score (nSPS) is 11.1. The summed E-state index contributed by atoms with van der Waals surface area (Å²) in [6.07, 6.45) is 0. The van der Waals surface area contributed by atoms with Crippen molar-refractivity contribution in [2.75, 3.05) is 10.8 Å². The zero-order valence-electron chi connectivity index (χ0n) is 16.5. The van der Waals surface area contributed by atoms with Crippen LogP contribution in [-0.2, 0) is 21.4 Å². The number of hydrogen-bond donors (Lipinski definition) is 1. The van der Waals surface area contributed by atoms with E-state index in [2.05, 4.69) is 5.32 Å². The van der Waals surface area contributed by atoms with Gasteiger partial charge in [-0.3, -0.25) is 9.10 Å². The highest BCUT2D eigenvalue weighted by Gasteiger charge is 2.27. The first-order valence-corrected chi connectivity index (χ1v) is 10.8. The van der Waals surface area contributed by atoms with E-state index in [-0.39, 0.29) is 17.3 Å². The maximum atomic E-state index is 13.3. The van der Waals surface area contributed by atoms with Gasteiger partial charge in [-0.05, 0) is 54.8 Å². The van der Waals surface area contributed by atoms with Gasteiger partial charge < -0.3 is 5.32 Å². The summed E-state index contributed by atoms with van der Waals surface area (Å²) in [5, 5.41) is 2.83. The van der Waals surface area contributed by atoms with Crippen LogP contribution in [0.15, 0.2) is 83.8 Å². The molecule has 6 heteroatoms. The number of nitrogens with one attached hydrogen (secondary N) is 1. The van der Waals surface area contributed by atoms with Crippen LogP contribution in [0.2, 0.25) is 0 Å². The highest BCUT2D eigenvalue weighted by Crippen LogP contribution is 2.23. The minimum Gasteiger partial charge on any atom is -0.350 e. The van der Waals surface area contributed by atoms with Crippen molar-refractivity contribution in [3.63, 3.8) is 0 Å². The fraction of sp³-hybridized carbons (Fsp3) is 0.174. The smallest absolute Gasteiger partial charge is 0.264 e. The van der Waals surface area contributed by atoms with E-state index in [1.54, 1.807) is 48.5 Å². The minimum atomic E-state index is -3.89. The second-order valence-electron chi connectivity index (χ2n) is 6.87. The number of hydrogen-bond acceptors (Lipinski definition) is 3. The van der Waals surface area contributed by atoms with E-state index < -0.39 is 10.0 Å². The third-order valence-corrected chi connectivity index (χ3v) is 6.42. The molecule has 0 fully saturated rings. The molecule has 0 atom stereocenters. The van der Waals surface area contributed by atoms with Crippen LogP contribution in [0.1, 0.15) is 16.7 Å². The minimum absolute atomic E-state index is 0.160. The number of aryl methyl sites for hydroxylation is 2. The van der Waals surface area contributed by atoms with Gasteiger partial charge in [0.2, 0.25) is 5.91 Å². The van der Waals surface area contributed by atoms with E-state index in [1.807, 2.05) is 44.2 Å². The van der Waals surface area contributed by atoms with Gasteiger partial charge >= 0.3 is 0 Å². The van der Waals surface area contributed by atoms with Crippen molar-refractivity contribution in [2.45, 2.75) is 25.3 Å². The Balaban J connectivity index is 1.85. The number of benzene rings is 3. The molecule has 3 aromatic rings. The molecule has 0 aromatic heterocycles. The largest absolute Gasteiger partial charge is 0.350 e. The van der Waals surface area contributed by atoms with E-state index in [0.717, 1.165) is 21.0 Å². The van der Waals surface area contributed by atoms with Crippen molar-refractivity contribution in [3.8, 4) is 0 Å². The molecule has 5 nitrogen and oxygen atoms in total. The molecule has 0 saturated heterocycles. The first-order chi connectivity index (χ1) is 13.9. The zero-order chi connectivity index (χ0) is 20.9. The molecule has 0 unspecified atom stereocenters. The summed E-state index contributed by atoms with van der Waals surface area (Å²) in [5.41, 5.74) is 3.34. The van der Waals surface area contributed by atoms with Gasteiger partial charge in [0.1, 0.15) is 6.54 Å². The third kappa shape index (κ3) is 5.03. The van der Waals surface area contributed by atoms with Gasteiger partial charge in [0.05, 0.1) is 10.6 Å². The van der Waals surface area contributed by atoms with E-state index in [1.165, 1.54) is 0 Å². The highest BCUT2D eigenvalue weighted by molar-refractivity contribution is 7.92. The summed E-state index contributed by atoms with van der Waals surface area (Å²) in [5.74, 6) is -0.367. The van der Waals surface area contributed by atoms with Crippen molar-refractivity contribution < 1.29 is 13.2 Å². The molecule has 3 aromatic carbocycles. The van der Waals surface area contributed by atoms with Crippen LogP contribution in [0.25, 0.3) is 0 Å². The van der Waals surface area contributed by atoms with Crippen molar-refractivity contribution in [2.24, 2.45) is 0 Å². The van der Waals surface area contributed by atoms with Gasteiger partial charge in [0.25, 0.3) is 10.0 Å². The lowest BCUT2D eigenvalue weighted by Gasteiger charge is -2.24. The number of nitrogens with zero attached hydrogens (tertiary/aromatic N) is 1. The molecule has 0 aliphatic carbocycles. The van der Waals surface area contributed by atoms with Gasteiger partial charge in [-0.25, -0.2) is 8.42 Å². The van der Waals surface area contributed by atoms with Crippen LogP contribution in [0.4, 0.5) is 5.69 Å². The Bertz CT molecular complexity index is 1100. The van der Waals surface area contributed by atoms with E-state index in [9.17, 15) is 13.2 Å². The first kappa shape index (κ1) is 20.6. The Labute approximate surface area is 172 Å². The second-order valence-corrected chi connectivity index (χ2v) is 8.73. The van der Waals surface area contributed by atoms with Crippen LogP contribution < -0.4 is 9.62 Å². The Morgan fingerprint density at radius 3 is 2.28 bits per heavy atom. The zero-order valence-corrected chi connectivity index (χ0v) is 17.3. The summed E-state index contributed by atoms with van der Waals surface area (Å²) < 4.78 is 27.7. The van der Waals surface area contributed by atoms with Crippen LogP contribution >= 0.6 is 0 Å². The molecule has 0 radical (unpaired) electrons. The van der Waals surface area contributed by atoms with Gasteiger partial charge in [0.15, 0.2) is 0 Å². The molecule has 29 heavy (non-hydrogen) atoms. The molecule has 150 valence electrons. The Morgan fingerprint density at radius 2 is 1.59 bits per heavy atom. The quantitative estimate of drug-likeness (QED) is 0.646. The lowest BCUT2D eigenvalue weighted by Crippen LogP contribution is -2.40. The lowest BCUT2D eigenvalue weighted by molar-refractivity contribution is -0.119. The third-order valence-electron chi connectivity index (χ3n) is 4.65. The van der Waals surface area contributed by atoms with E-state index >= 15 is 0 Å². The highest BCUT2D eigenvalue weighted by atomic mass is 32.2. The maximum absolute atomic E-state index is 13.3. The number of rotatable bonds is 7. The molecule has 0 aliphatic rings. The van der Waals surface area contributed by atoms with Crippen LogP contribution in [-0.4, -0.2) is 20.9 Å². The summed E-state index contributed by atoms with van der Waals surface area (Å²) >= 11 is 0. The molecule has 3 rings (SSSR count). The summed E-state index contributed by atoms with van der Waals surface area (Å²) in [7, 11) is -3.89. The van der Waals surface area contributed by atoms with Crippen LogP contribution in [0, 0.1) is 13.8 Å². The molecule has 1 amide bonds. The number of anilines is 1. The predicted molar refractivity (Wildman–Crippen MR) is 115 cm³/mol. The standard InChI is InChI=1S/C23H24N2O3S/c1-18-9-8-14-22(15-18)29(27,28)25(21-12-4-3-5-13-21)17-23(26)24-16-20-11-7-6-10-19(20)2/h3-15H,16-17H2,1-2H3,(H,24,26). The van der Waals surface area contributed by atoms with Crippen molar-refractivity contribution >= 4 is 21.6 Å². The van der Waals surface area contributed by atoms with E-state index in [4.69, 9.17) is 0 Å². The number of para-hydroxylation sites is 1. The number of amides is 1. The fourth-order valence-electron chi connectivity index (χ4n) is 3.00. The summed E-state index contributed by atoms with van der Waals surface area (Å²) in [6.45, 7) is 3.85. The van der Waals surface area contributed by atoms with Crippen molar-refractivity contribution in [1.82, 2.24) is 5.32 Å². The molecule has 0 spiro atoms. The van der Waals surface area contributed by atoms with Gasteiger partial charge in [-0.2, -0.15) is 0 Å². The SMILES string of the molecule is Cc1cccc(S(=O)(=O)N(CC(=O)NCc2ccccc2C)c2ccccc2)c1. The topological polar surface area (TPSA) is 66.5 Å². The molecule has 0 heterocycles.